The summed E-state index contributed by atoms with van der Waals surface area (Å²) in [6.07, 6.45) is -2.10. The van der Waals surface area contributed by atoms with Crippen molar-refractivity contribution < 1.29 is 19.1 Å². The topological polar surface area (TPSA) is 76.7 Å². The van der Waals surface area contributed by atoms with Gasteiger partial charge < -0.3 is 20.1 Å². The Morgan fingerprint density at radius 3 is 1.38 bits per heavy atom. The summed E-state index contributed by atoms with van der Waals surface area (Å²) in [7, 11) is 0. The molecule has 16 heavy (non-hydrogen) atoms. The Bertz CT molecular complexity index is 217. The highest BCUT2D eigenvalue weighted by Gasteiger charge is 2.13. The summed E-state index contributed by atoms with van der Waals surface area (Å²) in [5.74, 6) is 0. The first-order valence-corrected chi connectivity index (χ1v) is 5.25. The average molecular weight is 232 g/mol. The van der Waals surface area contributed by atoms with E-state index in [0.717, 1.165) is 0 Å². The molecule has 0 aromatic carbocycles. The maximum Gasteiger partial charge on any atom is 0.408 e. The van der Waals surface area contributed by atoms with E-state index in [2.05, 4.69) is 10.6 Å². The minimum atomic E-state index is -0.577. The van der Waals surface area contributed by atoms with Crippen molar-refractivity contribution in [2.45, 2.75) is 53.0 Å². The fraction of sp³-hybridized carbons (Fsp3) is 0.800. The van der Waals surface area contributed by atoms with Gasteiger partial charge in [0.2, 0.25) is 0 Å². The second kappa shape index (κ2) is 6.92. The summed E-state index contributed by atoms with van der Waals surface area (Å²) in [6, 6.07) is 0. The zero-order valence-electron chi connectivity index (χ0n) is 10.4. The number of hydrogen-bond donors (Lipinski definition) is 2. The van der Waals surface area contributed by atoms with E-state index in [0.29, 0.717) is 0 Å². The first-order chi connectivity index (χ1) is 7.31. The molecule has 0 saturated carbocycles. The van der Waals surface area contributed by atoms with Gasteiger partial charge in [0.25, 0.3) is 0 Å². The molecule has 0 aliphatic carbocycles. The summed E-state index contributed by atoms with van der Waals surface area (Å²) < 4.78 is 9.68. The minimum absolute atomic E-state index is 0.199. The van der Waals surface area contributed by atoms with Crippen LogP contribution in [0.5, 0.6) is 0 Å². The molecule has 94 valence electrons. The number of nitrogens with one attached hydrogen (secondary N) is 2. The van der Waals surface area contributed by atoms with Crippen molar-refractivity contribution in [2.24, 2.45) is 0 Å². The molecule has 0 heterocycles. The monoisotopic (exact) mass is 232 g/mol. The lowest BCUT2D eigenvalue weighted by molar-refractivity contribution is 0.102. The Balaban J connectivity index is 3.85. The maximum atomic E-state index is 11.1. The van der Waals surface area contributed by atoms with Gasteiger partial charge in [-0.1, -0.05) is 0 Å². The Morgan fingerprint density at radius 2 is 1.12 bits per heavy atom. The van der Waals surface area contributed by atoms with Crippen LogP contribution in [0.15, 0.2) is 0 Å². The van der Waals surface area contributed by atoms with E-state index in [4.69, 9.17) is 9.47 Å². The fourth-order valence-electron chi connectivity index (χ4n) is 0.886. The highest BCUT2D eigenvalue weighted by molar-refractivity contribution is 5.70. The molecule has 0 atom stereocenters. The molecule has 0 spiro atoms. The first-order valence-electron chi connectivity index (χ1n) is 5.25. The number of amides is 2. The van der Waals surface area contributed by atoms with E-state index >= 15 is 0 Å². The van der Waals surface area contributed by atoms with Gasteiger partial charge in [0.05, 0.1) is 12.2 Å². The Labute approximate surface area is 95.7 Å². The Kier molecular flexibility index (Phi) is 6.29. The molecule has 0 aliphatic rings. The van der Waals surface area contributed by atoms with Crippen LogP contribution < -0.4 is 10.6 Å². The quantitative estimate of drug-likeness (QED) is 0.722. The normalized spacial score (nSPS) is 10.5. The zero-order valence-corrected chi connectivity index (χ0v) is 10.4. The standard InChI is InChI=1S/C10H20N2O4/c1-6(2)15-9(13)11-8(5)12-10(14)16-7(3)4/h6-8H,1-5H3,(H,11,13)(H,12,14). The molecule has 0 rings (SSSR count). The molecule has 6 nitrogen and oxygen atoms in total. The highest BCUT2D eigenvalue weighted by Crippen LogP contribution is 1.91. The predicted octanol–water partition coefficient (Wildman–Crippen LogP) is 1.60. The predicted molar refractivity (Wildman–Crippen MR) is 59.0 cm³/mol. The van der Waals surface area contributed by atoms with E-state index in [9.17, 15) is 9.59 Å². The van der Waals surface area contributed by atoms with Crippen molar-refractivity contribution in [1.82, 2.24) is 10.6 Å². The largest absolute Gasteiger partial charge is 0.447 e. The van der Waals surface area contributed by atoms with Crippen LogP contribution in [0, 0.1) is 0 Å². The molecular formula is C10H20N2O4. The molecule has 0 aromatic rings. The number of carbonyl (C=O) groups excluding carboxylic acids is 2. The van der Waals surface area contributed by atoms with Gasteiger partial charge in [-0.2, -0.15) is 0 Å². The van der Waals surface area contributed by atoms with Crippen LogP contribution in [0.1, 0.15) is 34.6 Å². The highest BCUT2D eigenvalue weighted by atomic mass is 16.6. The molecule has 0 bridgehead atoms. The summed E-state index contributed by atoms with van der Waals surface area (Å²) in [4.78, 5) is 22.3. The molecule has 0 radical (unpaired) electrons. The van der Waals surface area contributed by atoms with Crippen molar-refractivity contribution >= 4 is 12.2 Å². The van der Waals surface area contributed by atoms with Crippen molar-refractivity contribution in [2.75, 3.05) is 0 Å². The average Bonchev–Trinajstić information content (AvgIpc) is 1.97. The molecule has 0 aliphatic heterocycles. The van der Waals surface area contributed by atoms with E-state index in [-0.39, 0.29) is 12.2 Å². The molecule has 2 amide bonds. The molecule has 0 unspecified atom stereocenters. The lowest BCUT2D eigenvalue weighted by Crippen LogP contribution is -2.47. The number of alkyl carbamates (subject to hydrolysis) is 2. The lowest BCUT2D eigenvalue weighted by atomic mass is 10.5. The van der Waals surface area contributed by atoms with Crippen LogP contribution in [-0.2, 0) is 9.47 Å². The molecule has 0 aromatic heterocycles. The van der Waals surface area contributed by atoms with Crippen LogP contribution in [0.25, 0.3) is 0 Å². The van der Waals surface area contributed by atoms with Crippen LogP contribution in [0.4, 0.5) is 9.59 Å². The van der Waals surface area contributed by atoms with E-state index in [1.807, 2.05) is 0 Å². The zero-order chi connectivity index (χ0) is 12.7. The van der Waals surface area contributed by atoms with E-state index in [1.165, 1.54) is 0 Å². The third kappa shape index (κ3) is 7.90. The molecule has 2 N–H and O–H groups in total. The fourth-order valence-corrected chi connectivity index (χ4v) is 0.886. The SMILES string of the molecule is CC(NC(=O)OC(C)C)NC(=O)OC(C)C. The van der Waals surface area contributed by atoms with Gasteiger partial charge in [-0.25, -0.2) is 9.59 Å². The van der Waals surface area contributed by atoms with Crippen LogP contribution in [0.3, 0.4) is 0 Å². The van der Waals surface area contributed by atoms with E-state index < -0.39 is 18.4 Å². The van der Waals surface area contributed by atoms with Gasteiger partial charge in [0.15, 0.2) is 0 Å². The second-order valence-electron chi connectivity index (χ2n) is 3.92. The second-order valence-corrected chi connectivity index (χ2v) is 3.92. The van der Waals surface area contributed by atoms with Crippen LogP contribution in [-0.4, -0.2) is 30.6 Å². The van der Waals surface area contributed by atoms with Crippen LogP contribution >= 0.6 is 0 Å². The number of hydrogen-bond acceptors (Lipinski definition) is 4. The van der Waals surface area contributed by atoms with Gasteiger partial charge in [0.1, 0.15) is 6.17 Å². The lowest BCUT2D eigenvalue weighted by Gasteiger charge is -2.17. The van der Waals surface area contributed by atoms with Gasteiger partial charge in [-0.15, -0.1) is 0 Å². The van der Waals surface area contributed by atoms with Crippen molar-refractivity contribution in [3.63, 3.8) is 0 Å². The molecular weight excluding hydrogens is 212 g/mol. The summed E-state index contributed by atoms with van der Waals surface area (Å²) >= 11 is 0. The molecule has 0 saturated heterocycles. The van der Waals surface area contributed by atoms with Crippen molar-refractivity contribution in [3.8, 4) is 0 Å². The third-order valence-corrected chi connectivity index (χ3v) is 1.35. The summed E-state index contributed by atoms with van der Waals surface area (Å²) in [5.41, 5.74) is 0. The van der Waals surface area contributed by atoms with Gasteiger partial charge in [0, 0.05) is 0 Å². The Hall–Kier alpha value is -1.46. The number of ether oxygens (including phenoxy) is 2. The van der Waals surface area contributed by atoms with Crippen molar-refractivity contribution in [3.05, 3.63) is 0 Å². The van der Waals surface area contributed by atoms with Crippen LogP contribution in [0.2, 0.25) is 0 Å². The number of carbonyl (C=O) groups is 2. The van der Waals surface area contributed by atoms with Crippen molar-refractivity contribution in [1.29, 1.82) is 0 Å². The summed E-state index contributed by atoms with van der Waals surface area (Å²) in [5, 5.41) is 4.88. The maximum absolute atomic E-state index is 11.1. The third-order valence-electron chi connectivity index (χ3n) is 1.35. The minimum Gasteiger partial charge on any atom is -0.447 e. The van der Waals surface area contributed by atoms with Gasteiger partial charge >= 0.3 is 12.2 Å². The molecule has 6 heteroatoms. The first kappa shape index (κ1) is 14.5. The number of rotatable bonds is 4. The Morgan fingerprint density at radius 1 is 0.812 bits per heavy atom. The molecule has 0 fully saturated rings. The summed E-state index contributed by atoms with van der Waals surface area (Å²) in [6.45, 7) is 8.58. The van der Waals surface area contributed by atoms with E-state index in [1.54, 1.807) is 34.6 Å². The van der Waals surface area contributed by atoms with Gasteiger partial charge in [-0.3, -0.25) is 0 Å². The van der Waals surface area contributed by atoms with Gasteiger partial charge in [-0.05, 0) is 34.6 Å². The smallest absolute Gasteiger partial charge is 0.408 e.